The highest BCUT2D eigenvalue weighted by molar-refractivity contribution is 5.96. The van der Waals surface area contributed by atoms with Crippen LogP contribution in [0.3, 0.4) is 0 Å². The molecule has 1 unspecified atom stereocenters. The van der Waals surface area contributed by atoms with E-state index < -0.39 is 29.6 Å². The summed E-state index contributed by atoms with van der Waals surface area (Å²) in [5, 5.41) is 2.45. The van der Waals surface area contributed by atoms with Crippen LogP contribution >= 0.6 is 0 Å². The molecule has 0 aliphatic rings. The van der Waals surface area contributed by atoms with Crippen LogP contribution in [-0.2, 0) is 9.53 Å². The Morgan fingerprint density at radius 2 is 1.17 bits per heavy atom. The first-order valence-electron chi connectivity index (χ1n) is 14.4. The third-order valence-corrected chi connectivity index (χ3v) is 6.63. The number of esters is 1. The van der Waals surface area contributed by atoms with Gasteiger partial charge in [0, 0.05) is 5.56 Å². The quantitative estimate of drug-likeness (QED) is 0.126. The summed E-state index contributed by atoms with van der Waals surface area (Å²) in [5.74, 6) is -3.31. The van der Waals surface area contributed by atoms with Gasteiger partial charge in [-0.25, -0.2) is 13.6 Å². The number of unbranched alkanes of at least 4 members (excludes halogenated alkanes) is 17. The van der Waals surface area contributed by atoms with Crippen molar-refractivity contribution in [2.75, 3.05) is 6.61 Å². The van der Waals surface area contributed by atoms with Crippen molar-refractivity contribution in [3.05, 3.63) is 35.4 Å². The summed E-state index contributed by atoms with van der Waals surface area (Å²) in [4.78, 5) is 24.1. The molecule has 0 saturated heterocycles. The molecule has 4 nitrogen and oxygen atoms in total. The molecule has 0 aliphatic carbocycles. The van der Waals surface area contributed by atoms with Crippen LogP contribution in [0.5, 0.6) is 0 Å². The van der Waals surface area contributed by atoms with Crippen LogP contribution in [-0.4, -0.2) is 24.5 Å². The third-order valence-electron chi connectivity index (χ3n) is 6.63. The average Bonchev–Trinajstić information content (AvgIpc) is 2.86. The number of hydrogen-bond donors (Lipinski definition) is 1. The number of amides is 1. The first kappa shape index (κ1) is 32.0. The van der Waals surface area contributed by atoms with Crippen molar-refractivity contribution in [2.24, 2.45) is 0 Å². The van der Waals surface area contributed by atoms with Crippen LogP contribution < -0.4 is 5.32 Å². The number of hydrogen-bond acceptors (Lipinski definition) is 3. The van der Waals surface area contributed by atoms with Gasteiger partial charge in [-0.3, -0.25) is 4.79 Å². The Morgan fingerprint density at radius 3 is 1.61 bits per heavy atom. The van der Waals surface area contributed by atoms with Gasteiger partial charge < -0.3 is 10.1 Å². The Bertz CT molecular complexity index is 726. The van der Waals surface area contributed by atoms with E-state index >= 15 is 0 Å². The van der Waals surface area contributed by atoms with Crippen LogP contribution in [0.4, 0.5) is 8.78 Å². The summed E-state index contributed by atoms with van der Waals surface area (Å²) in [5.41, 5.74) is -0.0444. The second kappa shape index (κ2) is 21.1. The molecule has 1 aromatic carbocycles. The summed E-state index contributed by atoms with van der Waals surface area (Å²) in [6.07, 6.45) is 23.4. The monoisotopic (exact) mass is 509 g/mol. The number of rotatable bonds is 22. The average molecular weight is 510 g/mol. The molecule has 1 amide bonds. The molecule has 0 aliphatic heterocycles. The van der Waals surface area contributed by atoms with Crippen LogP contribution in [0.15, 0.2) is 18.2 Å². The molecule has 0 fully saturated rings. The minimum atomic E-state index is -1.10. The zero-order valence-electron chi connectivity index (χ0n) is 22.7. The Kier molecular flexibility index (Phi) is 18.8. The van der Waals surface area contributed by atoms with Crippen LogP contribution in [0.25, 0.3) is 0 Å². The SMILES string of the molecule is CCCCCCCCCCCCCCCCCCCCOC(=O)C(C)NC(=O)c1ccc(F)c(F)c1. The van der Waals surface area contributed by atoms with Crippen LogP contribution in [0.2, 0.25) is 0 Å². The minimum absolute atomic E-state index is 0.0444. The fraction of sp³-hybridized carbons (Fsp3) is 0.733. The zero-order chi connectivity index (χ0) is 26.4. The van der Waals surface area contributed by atoms with E-state index in [9.17, 15) is 18.4 Å². The van der Waals surface area contributed by atoms with Crippen molar-refractivity contribution in [1.82, 2.24) is 5.32 Å². The largest absolute Gasteiger partial charge is 0.464 e. The molecule has 0 radical (unpaired) electrons. The van der Waals surface area contributed by atoms with E-state index in [0.717, 1.165) is 31.4 Å². The number of ether oxygens (including phenoxy) is 1. The van der Waals surface area contributed by atoms with Gasteiger partial charge in [0.1, 0.15) is 6.04 Å². The van der Waals surface area contributed by atoms with Gasteiger partial charge in [0.2, 0.25) is 0 Å². The standard InChI is InChI=1S/C30H49F2NO3/c1-3-4-5-6-7-8-9-10-11-12-13-14-15-16-17-18-19-20-23-36-30(35)25(2)33-29(34)26-21-22-27(31)28(32)24-26/h21-22,24-25H,3-20,23H2,1-2H3,(H,33,34). The number of carbonyl (C=O) groups is 2. The van der Waals surface area contributed by atoms with Gasteiger partial charge in [-0.15, -0.1) is 0 Å². The Hall–Kier alpha value is -1.98. The molecule has 0 aromatic heterocycles. The molecule has 0 spiro atoms. The molecular weight excluding hydrogens is 460 g/mol. The summed E-state index contributed by atoms with van der Waals surface area (Å²) < 4.78 is 31.5. The lowest BCUT2D eigenvalue weighted by atomic mass is 10.0. The summed E-state index contributed by atoms with van der Waals surface area (Å²) in [6, 6.07) is 2.00. The summed E-state index contributed by atoms with van der Waals surface area (Å²) >= 11 is 0. The van der Waals surface area contributed by atoms with E-state index in [1.54, 1.807) is 0 Å². The summed E-state index contributed by atoms with van der Waals surface area (Å²) in [6.45, 7) is 4.10. The molecule has 0 heterocycles. The van der Waals surface area contributed by atoms with Crippen molar-refractivity contribution in [3.63, 3.8) is 0 Å². The van der Waals surface area contributed by atoms with Gasteiger partial charge >= 0.3 is 5.97 Å². The molecular formula is C30H49F2NO3. The first-order valence-corrected chi connectivity index (χ1v) is 14.4. The third kappa shape index (κ3) is 15.9. The lowest BCUT2D eigenvalue weighted by Gasteiger charge is -2.13. The highest BCUT2D eigenvalue weighted by Crippen LogP contribution is 2.14. The Morgan fingerprint density at radius 1 is 0.722 bits per heavy atom. The molecule has 0 bridgehead atoms. The lowest BCUT2D eigenvalue weighted by Crippen LogP contribution is -2.39. The fourth-order valence-corrected chi connectivity index (χ4v) is 4.28. The first-order chi connectivity index (χ1) is 17.5. The number of benzene rings is 1. The van der Waals surface area contributed by atoms with Gasteiger partial charge in [-0.2, -0.15) is 0 Å². The topological polar surface area (TPSA) is 55.4 Å². The van der Waals surface area contributed by atoms with E-state index in [-0.39, 0.29) is 5.56 Å². The normalized spacial score (nSPS) is 11.9. The Balaban J connectivity index is 1.89. The maximum Gasteiger partial charge on any atom is 0.328 e. The van der Waals surface area contributed by atoms with Gasteiger partial charge in [-0.05, 0) is 31.5 Å². The Labute approximate surface area is 218 Å². The van der Waals surface area contributed by atoms with Crippen molar-refractivity contribution < 1.29 is 23.1 Å². The molecule has 6 heteroatoms. The maximum atomic E-state index is 13.3. The van der Waals surface area contributed by atoms with Gasteiger partial charge in [0.25, 0.3) is 5.91 Å². The highest BCUT2D eigenvalue weighted by Gasteiger charge is 2.18. The maximum absolute atomic E-state index is 13.3. The second-order valence-electron chi connectivity index (χ2n) is 10.0. The molecule has 0 saturated carbocycles. The van der Waals surface area contributed by atoms with E-state index in [1.807, 2.05) is 0 Å². The van der Waals surface area contributed by atoms with Crippen molar-refractivity contribution >= 4 is 11.9 Å². The van der Waals surface area contributed by atoms with Gasteiger partial charge in [0.15, 0.2) is 11.6 Å². The van der Waals surface area contributed by atoms with E-state index in [1.165, 1.54) is 109 Å². The molecule has 1 atom stereocenters. The molecule has 1 aromatic rings. The second-order valence-corrected chi connectivity index (χ2v) is 10.0. The van der Waals surface area contributed by atoms with E-state index in [0.29, 0.717) is 6.61 Å². The van der Waals surface area contributed by atoms with Crippen LogP contribution in [0.1, 0.15) is 140 Å². The summed E-state index contributed by atoms with van der Waals surface area (Å²) in [7, 11) is 0. The number of nitrogens with one attached hydrogen (secondary N) is 1. The highest BCUT2D eigenvalue weighted by atomic mass is 19.2. The van der Waals surface area contributed by atoms with Crippen molar-refractivity contribution in [3.8, 4) is 0 Å². The zero-order valence-corrected chi connectivity index (χ0v) is 22.7. The smallest absolute Gasteiger partial charge is 0.328 e. The fourth-order valence-electron chi connectivity index (χ4n) is 4.28. The molecule has 1 N–H and O–H groups in total. The molecule has 206 valence electrons. The molecule has 1 rings (SSSR count). The minimum Gasteiger partial charge on any atom is -0.464 e. The van der Waals surface area contributed by atoms with Gasteiger partial charge in [-0.1, -0.05) is 116 Å². The molecule has 36 heavy (non-hydrogen) atoms. The van der Waals surface area contributed by atoms with Crippen molar-refractivity contribution in [2.45, 2.75) is 135 Å². The van der Waals surface area contributed by atoms with Gasteiger partial charge in [0.05, 0.1) is 6.61 Å². The predicted octanol–water partition coefficient (Wildman–Crippen LogP) is 8.67. The number of halogens is 2. The predicted molar refractivity (Wildman–Crippen MR) is 143 cm³/mol. The van der Waals surface area contributed by atoms with Crippen LogP contribution in [0, 0.1) is 11.6 Å². The van der Waals surface area contributed by atoms with Crippen molar-refractivity contribution in [1.29, 1.82) is 0 Å². The van der Waals surface area contributed by atoms with E-state index in [4.69, 9.17) is 4.74 Å². The van der Waals surface area contributed by atoms with E-state index in [2.05, 4.69) is 12.2 Å². The lowest BCUT2D eigenvalue weighted by molar-refractivity contribution is -0.145. The number of carbonyl (C=O) groups excluding carboxylic acids is 2.